The van der Waals surface area contributed by atoms with E-state index in [-0.39, 0.29) is 18.1 Å². The first-order valence-electron chi connectivity index (χ1n) is 3.67. The van der Waals surface area contributed by atoms with Gasteiger partial charge in [0.2, 0.25) is 0 Å². The molecule has 0 radical (unpaired) electrons. The molecule has 0 atom stereocenters. The number of anilines is 1. The van der Waals surface area contributed by atoms with Gasteiger partial charge in [0, 0.05) is 5.69 Å². The van der Waals surface area contributed by atoms with Gasteiger partial charge in [-0.3, -0.25) is 5.32 Å². The number of hydrogen-bond acceptors (Lipinski definition) is 1. The molecule has 0 heterocycles. The lowest BCUT2D eigenvalue weighted by Gasteiger charge is -2.09. The molecule has 16 heavy (non-hydrogen) atoms. The second kappa shape index (κ2) is 5.02. The van der Waals surface area contributed by atoms with Gasteiger partial charge in [-0.05, 0) is 18.2 Å². The number of rotatable bonds is 1. The number of alkyl halides is 3. The van der Waals surface area contributed by atoms with Crippen molar-refractivity contribution in [3.05, 3.63) is 29.6 Å². The summed E-state index contributed by atoms with van der Waals surface area (Å²) in [4.78, 5) is 10.1. The molecule has 1 amide bonds. The molecule has 1 rings (SSSR count). The molecule has 0 aromatic heterocycles. The summed E-state index contributed by atoms with van der Waals surface area (Å²) in [6.07, 6.45) is -6.37. The predicted molar refractivity (Wildman–Crippen MR) is 50.3 cm³/mol. The number of benzene rings is 1. The average molecular weight is 260 g/mol. The van der Waals surface area contributed by atoms with Crippen molar-refractivity contribution in [3.8, 4) is 0 Å². The van der Waals surface area contributed by atoms with E-state index in [9.17, 15) is 22.4 Å². The molecule has 0 bridgehead atoms. The van der Waals surface area contributed by atoms with E-state index in [1.165, 1.54) is 0 Å². The standard InChI is InChI=1S/C8H5F4NO2.ClH/c9-6-2-1-4(13-7(14)15)3-5(6)8(10,11)12;/h1-3,13H,(H,14,15);1H. The molecule has 0 saturated carbocycles. The van der Waals surface area contributed by atoms with Crippen LogP contribution in [0, 0.1) is 5.82 Å². The van der Waals surface area contributed by atoms with Crippen molar-refractivity contribution in [2.45, 2.75) is 6.18 Å². The lowest BCUT2D eigenvalue weighted by molar-refractivity contribution is -0.139. The first-order valence-corrected chi connectivity index (χ1v) is 3.67. The Labute approximate surface area is 93.5 Å². The van der Waals surface area contributed by atoms with E-state index in [1.807, 2.05) is 0 Å². The molecular formula is C8H6ClF4NO2. The third kappa shape index (κ3) is 3.58. The summed E-state index contributed by atoms with van der Waals surface area (Å²) in [7, 11) is 0. The summed E-state index contributed by atoms with van der Waals surface area (Å²) in [6, 6.07) is 1.84. The highest BCUT2D eigenvalue weighted by molar-refractivity contribution is 5.85. The monoisotopic (exact) mass is 259 g/mol. The van der Waals surface area contributed by atoms with Gasteiger partial charge < -0.3 is 5.11 Å². The Bertz CT molecular complexity index is 394. The number of carboxylic acid groups (broad SMARTS) is 1. The zero-order chi connectivity index (χ0) is 11.6. The van der Waals surface area contributed by atoms with Gasteiger partial charge in [0.1, 0.15) is 5.82 Å². The Morgan fingerprint density at radius 3 is 2.31 bits per heavy atom. The highest BCUT2D eigenvalue weighted by Crippen LogP contribution is 2.32. The van der Waals surface area contributed by atoms with Crippen LogP contribution in [-0.4, -0.2) is 11.2 Å². The third-order valence-corrected chi connectivity index (χ3v) is 1.52. The van der Waals surface area contributed by atoms with Gasteiger partial charge in [-0.15, -0.1) is 12.4 Å². The van der Waals surface area contributed by atoms with Crippen LogP contribution in [0.1, 0.15) is 5.56 Å². The molecule has 0 spiro atoms. The molecule has 1 aromatic rings. The lowest BCUT2D eigenvalue weighted by Crippen LogP contribution is -2.11. The van der Waals surface area contributed by atoms with Crippen LogP contribution in [0.15, 0.2) is 18.2 Å². The Morgan fingerprint density at radius 2 is 1.88 bits per heavy atom. The van der Waals surface area contributed by atoms with E-state index in [1.54, 1.807) is 5.32 Å². The average Bonchev–Trinajstić information content (AvgIpc) is 2.05. The summed E-state index contributed by atoms with van der Waals surface area (Å²) in [6.45, 7) is 0. The SMILES string of the molecule is Cl.O=C(O)Nc1ccc(F)c(C(F)(F)F)c1. The smallest absolute Gasteiger partial charge is 0.419 e. The number of halogens is 5. The van der Waals surface area contributed by atoms with Crippen molar-refractivity contribution < 1.29 is 27.5 Å². The van der Waals surface area contributed by atoms with Crippen LogP contribution in [0.5, 0.6) is 0 Å². The Morgan fingerprint density at radius 1 is 1.31 bits per heavy atom. The summed E-state index contributed by atoms with van der Waals surface area (Å²) >= 11 is 0. The van der Waals surface area contributed by atoms with E-state index in [0.717, 1.165) is 6.07 Å². The fraction of sp³-hybridized carbons (Fsp3) is 0.125. The van der Waals surface area contributed by atoms with Crippen LogP contribution < -0.4 is 5.32 Å². The number of amides is 1. The fourth-order valence-electron chi connectivity index (χ4n) is 0.944. The minimum Gasteiger partial charge on any atom is -0.465 e. The highest BCUT2D eigenvalue weighted by Gasteiger charge is 2.34. The molecule has 1 aromatic carbocycles. The van der Waals surface area contributed by atoms with Crippen LogP contribution >= 0.6 is 12.4 Å². The predicted octanol–water partition coefficient (Wildman–Crippen LogP) is 3.36. The van der Waals surface area contributed by atoms with E-state index in [0.29, 0.717) is 12.1 Å². The van der Waals surface area contributed by atoms with E-state index in [4.69, 9.17) is 5.11 Å². The van der Waals surface area contributed by atoms with Gasteiger partial charge in [0.25, 0.3) is 0 Å². The zero-order valence-electron chi connectivity index (χ0n) is 7.51. The number of nitrogens with one attached hydrogen (secondary N) is 1. The van der Waals surface area contributed by atoms with Gasteiger partial charge in [-0.25, -0.2) is 9.18 Å². The van der Waals surface area contributed by atoms with E-state index in [2.05, 4.69) is 0 Å². The van der Waals surface area contributed by atoms with Crippen molar-refractivity contribution in [1.29, 1.82) is 0 Å². The first kappa shape index (κ1) is 14.5. The maximum absolute atomic E-state index is 12.7. The van der Waals surface area contributed by atoms with Crippen LogP contribution in [0.2, 0.25) is 0 Å². The zero-order valence-corrected chi connectivity index (χ0v) is 8.32. The summed E-state index contributed by atoms with van der Waals surface area (Å²) in [5, 5.41) is 9.94. The molecular weight excluding hydrogens is 254 g/mol. The molecule has 8 heteroatoms. The molecule has 0 saturated heterocycles. The number of hydrogen-bond donors (Lipinski definition) is 2. The minimum atomic E-state index is -4.85. The third-order valence-electron chi connectivity index (χ3n) is 1.52. The van der Waals surface area contributed by atoms with Crippen LogP contribution in [0.4, 0.5) is 28.0 Å². The highest BCUT2D eigenvalue weighted by atomic mass is 35.5. The Hall–Kier alpha value is -1.50. The van der Waals surface area contributed by atoms with Crippen molar-refractivity contribution in [2.75, 3.05) is 5.32 Å². The van der Waals surface area contributed by atoms with Crippen molar-refractivity contribution >= 4 is 24.2 Å². The van der Waals surface area contributed by atoms with E-state index < -0.39 is 23.7 Å². The van der Waals surface area contributed by atoms with Gasteiger partial charge >= 0.3 is 12.3 Å². The van der Waals surface area contributed by atoms with Crippen molar-refractivity contribution in [1.82, 2.24) is 0 Å². The number of carbonyl (C=O) groups is 1. The topological polar surface area (TPSA) is 49.3 Å². The fourth-order valence-corrected chi connectivity index (χ4v) is 0.944. The van der Waals surface area contributed by atoms with Crippen LogP contribution in [-0.2, 0) is 6.18 Å². The van der Waals surface area contributed by atoms with Crippen LogP contribution in [0.3, 0.4) is 0 Å². The second-order valence-electron chi connectivity index (χ2n) is 2.62. The molecule has 0 aliphatic heterocycles. The van der Waals surface area contributed by atoms with Gasteiger partial charge in [0.15, 0.2) is 0 Å². The largest absolute Gasteiger partial charge is 0.465 e. The quantitative estimate of drug-likeness (QED) is 0.760. The second-order valence-corrected chi connectivity index (χ2v) is 2.62. The molecule has 0 aliphatic carbocycles. The summed E-state index contributed by atoms with van der Waals surface area (Å²) in [5.74, 6) is -1.45. The van der Waals surface area contributed by atoms with Crippen LogP contribution in [0.25, 0.3) is 0 Å². The van der Waals surface area contributed by atoms with Gasteiger partial charge in [-0.2, -0.15) is 13.2 Å². The van der Waals surface area contributed by atoms with Crippen molar-refractivity contribution in [3.63, 3.8) is 0 Å². The molecule has 0 fully saturated rings. The summed E-state index contributed by atoms with van der Waals surface area (Å²) in [5.41, 5.74) is -1.84. The Balaban J connectivity index is 0.00000225. The minimum absolute atomic E-state index is 0. The lowest BCUT2D eigenvalue weighted by atomic mass is 10.2. The first-order chi connectivity index (χ1) is 6.80. The maximum atomic E-state index is 12.7. The molecule has 3 nitrogen and oxygen atoms in total. The van der Waals surface area contributed by atoms with E-state index >= 15 is 0 Å². The maximum Gasteiger partial charge on any atom is 0.419 e. The van der Waals surface area contributed by atoms with Crippen molar-refractivity contribution in [2.24, 2.45) is 0 Å². The summed E-state index contributed by atoms with van der Waals surface area (Å²) < 4.78 is 49.2. The Kier molecular flexibility index (Phi) is 4.55. The van der Waals surface area contributed by atoms with Gasteiger partial charge in [-0.1, -0.05) is 0 Å². The molecule has 0 aliphatic rings. The molecule has 0 unspecified atom stereocenters. The molecule has 90 valence electrons. The normalized spacial score (nSPS) is 10.5. The van der Waals surface area contributed by atoms with Gasteiger partial charge in [0.05, 0.1) is 5.56 Å². The molecule has 2 N–H and O–H groups in total.